The molecule has 4 heterocycles. The molecule has 0 atom stereocenters. The lowest BCUT2D eigenvalue weighted by Crippen LogP contribution is -2.37. The molecule has 2 fully saturated rings. The first-order chi connectivity index (χ1) is 13.8. The van der Waals surface area contributed by atoms with Crippen LogP contribution in [0.25, 0.3) is 16.9 Å². The number of rotatable bonds is 3. The molecule has 0 bridgehead atoms. The van der Waals surface area contributed by atoms with Gasteiger partial charge in [-0.15, -0.1) is 0 Å². The van der Waals surface area contributed by atoms with E-state index in [0.29, 0.717) is 18.4 Å². The molecule has 2 aliphatic rings. The Morgan fingerprint density at radius 1 is 0.929 bits per heavy atom. The number of morpholine rings is 1. The van der Waals surface area contributed by atoms with E-state index in [2.05, 4.69) is 39.0 Å². The van der Waals surface area contributed by atoms with E-state index in [4.69, 9.17) is 21.4 Å². The molecular formula is C20H22ClN5OS. The number of benzene rings is 1. The van der Waals surface area contributed by atoms with E-state index in [1.54, 1.807) is 0 Å². The van der Waals surface area contributed by atoms with Crippen LogP contribution in [0.3, 0.4) is 0 Å². The van der Waals surface area contributed by atoms with Gasteiger partial charge in [0.05, 0.1) is 18.9 Å². The molecule has 0 spiro atoms. The predicted molar refractivity (Wildman–Crippen MR) is 116 cm³/mol. The van der Waals surface area contributed by atoms with E-state index >= 15 is 0 Å². The minimum atomic E-state index is 0.485. The van der Waals surface area contributed by atoms with Crippen LogP contribution in [0.1, 0.15) is 0 Å². The molecule has 0 N–H and O–H groups in total. The highest BCUT2D eigenvalue weighted by Gasteiger charge is 2.18. The molecule has 8 heteroatoms. The van der Waals surface area contributed by atoms with E-state index in [1.165, 1.54) is 17.2 Å². The number of nitrogens with zero attached hydrogens (tertiary/aromatic N) is 5. The lowest BCUT2D eigenvalue weighted by Gasteiger charge is -2.28. The number of anilines is 2. The number of fused-ring (bicyclic) bond motifs is 1. The van der Waals surface area contributed by atoms with Gasteiger partial charge in [-0.05, 0) is 12.1 Å². The van der Waals surface area contributed by atoms with Gasteiger partial charge in [0.25, 0.3) is 0 Å². The Kier molecular flexibility index (Phi) is 5.05. The molecule has 2 aromatic heterocycles. The predicted octanol–water partition coefficient (Wildman–Crippen LogP) is 3.44. The average Bonchev–Trinajstić information content (AvgIpc) is 3.18. The van der Waals surface area contributed by atoms with Crippen molar-refractivity contribution in [2.75, 3.05) is 60.7 Å². The smallest absolute Gasteiger partial charge is 0.159 e. The summed E-state index contributed by atoms with van der Waals surface area (Å²) in [5, 5.41) is 5.32. The molecule has 0 amide bonds. The number of hydrogen-bond acceptors (Lipinski definition) is 6. The van der Waals surface area contributed by atoms with Gasteiger partial charge in [-0.25, -0.2) is 4.98 Å². The topological polar surface area (TPSA) is 45.9 Å². The molecule has 1 aromatic carbocycles. The average molecular weight is 416 g/mol. The number of hydrogen-bond donors (Lipinski definition) is 0. The minimum absolute atomic E-state index is 0.485. The fourth-order valence-electron chi connectivity index (χ4n) is 3.75. The summed E-state index contributed by atoms with van der Waals surface area (Å²) >= 11 is 8.31. The Hall–Kier alpha value is -1.96. The minimum Gasteiger partial charge on any atom is -0.378 e. The highest BCUT2D eigenvalue weighted by atomic mass is 35.5. The second-order valence-electron chi connectivity index (χ2n) is 6.98. The summed E-state index contributed by atoms with van der Waals surface area (Å²) in [6, 6.07) is 12.6. The van der Waals surface area contributed by atoms with Crippen LogP contribution in [-0.2, 0) is 4.74 Å². The van der Waals surface area contributed by atoms with Crippen molar-refractivity contribution < 1.29 is 4.74 Å². The SMILES string of the molecule is Clc1cc(N2CCOCC2)n2nc(-c3ccc(N4CCSCC4)cc3)cc2n1. The van der Waals surface area contributed by atoms with Crippen molar-refractivity contribution in [3.63, 3.8) is 0 Å². The fraction of sp³-hybridized carbons (Fsp3) is 0.400. The van der Waals surface area contributed by atoms with E-state index < -0.39 is 0 Å². The second-order valence-corrected chi connectivity index (χ2v) is 8.59. The van der Waals surface area contributed by atoms with Crippen molar-refractivity contribution in [2.45, 2.75) is 0 Å². The number of thioether (sulfide) groups is 1. The van der Waals surface area contributed by atoms with Gasteiger partial charge in [0.15, 0.2) is 5.65 Å². The van der Waals surface area contributed by atoms with Gasteiger partial charge in [0, 0.05) is 61.1 Å². The van der Waals surface area contributed by atoms with Gasteiger partial charge in [0.2, 0.25) is 0 Å². The third kappa shape index (κ3) is 3.54. The Bertz CT molecular complexity index is 965. The fourth-order valence-corrected chi connectivity index (χ4v) is 4.84. The van der Waals surface area contributed by atoms with Crippen molar-refractivity contribution in [1.82, 2.24) is 14.6 Å². The lowest BCUT2D eigenvalue weighted by atomic mass is 10.1. The largest absolute Gasteiger partial charge is 0.378 e. The molecule has 0 aliphatic carbocycles. The normalized spacial score (nSPS) is 18.0. The molecule has 2 saturated heterocycles. The lowest BCUT2D eigenvalue weighted by molar-refractivity contribution is 0.122. The second kappa shape index (κ2) is 7.81. The zero-order valence-electron chi connectivity index (χ0n) is 15.6. The van der Waals surface area contributed by atoms with Gasteiger partial charge >= 0.3 is 0 Å². The molecule has 28 heavy (non-hydrogen) atoms. The summed E-state index contributed by atoms with van der Waals surface area (Å²) in [5.41, 5.74) is 4.04. The Labute approximate surface area is 173 Å². The van der Waals surface area contributed by atoms with Gasteiger partial charge in [-0.1, -0.05) is 23.7 Å². The van der Waals surface area contributed by atoms with E-state index in [-0.39, 0.29) is 0 Å². The van der Waals surface area contributed by atoms with Crippen LogP contribution in [0.2, 0.25) is 5.15 Å². The molecule has 0 unspecified atom stereocenters. The third-order valence-electron chi connectivity index (χ3n) is 5.25. The van der Waals surface area contributed by atoms with Crippen molar-refractivity contribution in [2.24, 2.45) is 0 Å². The summed E-state index contributed by atoms with van der Waals surface area (Å²) < 4.78 is 7.37. The first-order valence-corrected chi connectivity index (χ1v) is 11.1. The highest BCUT2D eigenvalue weighted by molar-refractivity contribution is 7.99. The molecule has 2 aliphatic heterocycles. The van der Waals surface area contributed by atoms with Gasteiger partial charge in [-0.3, -0.25) is 0 Å². The molecule has 146 valence electrons. The molecular weight excluding hydrogens is 394 g/mol. The van der Waals surface area contributed by atoms with E-state index in [0.717, 1.165) is 48.9 Å². The third-order valence-corrected chi connectivity index (χ3v) is 6.39. The summed E-state index contributed by atoms with van der Waals surface area (Å²) in [5.74, 6) is 3.36. The van der Waals surface area contributed by atoms with Crippen LogP contribution in [-0.4, -0.2) is 65.5 Å². The highest BCUT2D eigenvalue weighted by Crippen LogP contribution is 2.28. The summed E-state index contributed by atoms with van der Waals surface area (Å²) in [6.45, 7) is 5.31. The Balaban J connectivity index is 1.47. The van der Waals surface area contributed by atoms with Crippen LogP contribution < -0.4 is 9.80 Å². The summed E-state index contributed by atoms with van der Waals surface area (Å²) in [7, 11) is 0. The van der Waals surface area contributed by atoms with Crippen LogP contribution in [0, 0.1) is 0 Å². The van der Waals surface area contributed by atoms with Gasteiger partial charge in [-0.2, -0.15) is 21.4 Å². The molecule has 0 saturated carbocycles. The van der Waals surface area contributed by atoms with Crippen LogP contribution in [0.15, 0.2) is 36.4 Å². The molecule has 3 aromatic rings. The number of aromatic nitrogens is 3. The molecule has 5 rings (SSSR count). The number of ether oxygens (including phenoxy) is 1. The maximum Gasteiger partial charge on any atom is 0.159 e. The summed E-state index contributed by atoms with van der Waals surface area (Å²) in [6.07, 6.45) is 0. The Morgan fingerprint density at radius 2 is 1.68 bits per heavy atom. The van der Waals surface area contributed by atoms with Crippen molar-refractivity contribution in [3.8, 4) is 11.3 Å². The van der Waals surface area contributed by atoms with Crippen molar-refractivity contribution in [1.29, 1.82) is 0 Å². The van der Waals surface area contributed by atoms with E-state index in [1.807, 2.05) is 28.4 Å². The maximum absolute atomic E-state index is 6.29. The zero-order chi connectivity index (χ0) is 18.9. The monoisotopic (exact) mass is 415 g/mol. The van der Waals surface area contributed by atoms with Crippen LogP contribution >= 0.6 is 23.4 Å². The zero-order valence-corrected chi connectivity index (χ0v) is 17.1. The first kappa shape index (κ1) is 18.1. The van der Waals surface area contributed by atoms with E-state index in [9.17, 15) is 0 Å². The maximum atomic E-state index is 6.29. The standard InChI is InChI=1S/C20H22ClN5OS/c21-18-14-20(25-5-9-27-10-6-25)26-19(22-18)13-17(23-26)15-1-3-16(4-2-15)24-7-11-28-12-8-24/h1-4,13-14H,5-12H2. The Morgan fingerprint density at radius 3 is 2.43 bits per heavy atom. The molecule has 6 nitrogen and oxygen atoms in total. The summed E-state index contributed by atoms with van der Waals surface area (Å²) in [4.78, 5) is 9.16. The van der Waals surface area contributed by atoms with Crippen molar-refractivity contribution >= 4 is 40.5 Å². The first-order valence-electron chi connectivity index (χ1n) is 9.60. The van der Waals surface area contributed by atoms with Gasteiger partial charge < -0.3 is 14.5 Å². The van der Waals surface area contributed by atoms with Gasteiger partial charge in [0.1, 0.15) is 11.0 Å². The van der Waals surface area contributed by atoms with Crippen LogP contribution in [0.5, 0.6) is 0 Å². The quantitative estimate of drug-likeness (QED) is 0.610. The van der Waals surface area contributed by atoms with Crippen LogP contribution in [0.4, 0.5) is 11.5 Å². The number of halogens is 1. The molecule has 0 radical (unpaired) electrons. The van der Waals surface area contributed by atoms with Crippen molar-refractivity contribution in [3.05, 3.63) is 41.6 Å².